The number of nitrogens with one attached hydrogen (secondary N) is 3. The molecule has 7 heteroatoms. The SMILES string of the molecule is O=C1CCC(N2Cc3ccc(CNc4ccc5c(c4)NCCC5)cc3C2=O)C(=O)N1. The van der Waals surface area contributed by atoms with Crippen LogP contribution in [-0.2, 0) is 29.1 Å². The molecule has 3 aliphatic rings. The quantitative estimate of drug-likeness (QED) is 0.681. The Morgan fingerprint density at radius 1 is 1.03 bits per heavy atom. The molecule has 0 radical (unpaired) electrons. The van der Waals surface area contributed by atoms with Crippen molar-refractivity contribution in [2.24, 2.45) is 0 Å². The van der Waals surface area contributed by atoms with E-state index < -0.39 is 6.04 Å². The van der Waals surface area contributed by atoms with E-state index in [9.17, 15) is 14.4 Å². The van der Waals surface area contributed by atoms with Gasteiger partial charge in [0.15, 0.2) is 0 Å². The fraction of sp³-hybridized carbons (Fsp3) is 0.348. The Labute approximate surface area is 174 Å². The highest BCUT2D eigenvalue weighted by atomic mass is 16.2. The summed E-state index contributed by atoms with van der Waals surface area (Å²) in [6.45, 7) is 2.02. The summed E-state index contributed by atoms with van der Waals surface area (Å²) in [7, 11) is 0. The third kappa shape index (κ3) is 3.40. The van der Waals surface area contributed by atoms with Crippen molar-refractivity contribution in [3.8, 4) is 0 Å². The molecule has 3 aliphatic heterocycles. The summed E-state index contributed by atoms with van der Waals surface area (Å²) in [5.74, 6) is -0.791. The van der Waals surface area contributed by atoms with Gasteiger partial charge >= 0.3 is 0 Å². The number of imide groups is 1. The summed E-state index contributed by atoms with van der Waals surface area (Å²) in [5, 5.41) is 9.21. The van der Waals surface area contributed by atoms with Gasteiger partial charge in [-0.2, -0.15) is 0 Å². The molecule has 1 saturated heterocycles. The molecule has 154 valence electrons. The first-order chi connectivity index (χ1) is 14.6. The Bertz CT molecular complexity index is 1050. The number of fused-ring (bicyclic) bond motifs is 2. The van der Waals surface area contributed by atoms with Crippen molar-refractivity contribution in [2.45, 2.75) is 44.8 Å². The number of benzene rings is 2. The van der Waals surface area contributed by atoms with Crippen LogP contribution in [0.4, 0.5) is 11.4 Å². The highest BCUT2D eigenvalue weighted by molar-refractivity contribution is 6.05. The van der Waals surface area contributed by atoms with Crippen LogP contribution in [0, 0.1) is 0 Å². The number of piperidine rings is 1. The first-order valence-electron chi connectivity index (χ1n) is 10.5. The molecule has 0 saturated carbocycles. The number of hydrogen-bond acceptors (Lipinski definition) is 5. The highest BCUT2D eigenvalue weighted by Gasteiger charge is 2.39. The van der Waals surface area contributed by atoms with Gasteiger partial charge in [0.2, 0.25) is 11.8 Å². The summed E-state index contributed by atoms with van der Waals surface area (Å²) >= 11 is 0. The second-order valence-electron chi connectivity index (χ2n) is 8.15. The van der Waals surface area contributed by atoms with E-state index in [1.807, 2.05) is 18.2 Å². The van der Waals surface area contributed by atoms with Gasteiger partial charge in [0, 0.05) is 43.0 Å². The standard InChI is InChI=1S/C23H24N4O3/c28-21-8-7-20(22(29)26-21)27-13-16-4-3-14(10-18(16)23(27)30)12-25-17-6-5-15-2-1-9-24-19(15)11-17/h3-6,10-11,20,24-25H,1-2,7-9,12-13H2,(H,26,28,29). The Kier molecular flexibility index (Phi) is 4.65. The van der Waals surface area contributed by atoms with Crippen LogP contribution in [0.15, 0.2) is 36.4 Å². The van der Waals surface area contributed by atoms with Crippen molar-refractivity contribution >= 4 is 29.1 Å². The number of carbonyl (C=O) groups is 3. The van der Waals surface area contributed by atoms with Crippen LogP contribution >= 0.6 is 0 Å². The van der Waals surface area contributed by atoms with E-state index in [0.717, 1.165) is 29.8 Å². The van der Waals surface area contributed by atoms with E-state index in [1.165, 1.54) is 17.7 Å². The number of carbonyl (C=O) groups excluding carboxylic acids is 3. The van der Waals surface area contributed by atoms with Gasteiger partial charge in [-0.05, 0) is 54.2 Å². The van der Waals surface area contributed by atoms with Crippen LogP contribution in [0.25, 0.3) is 0 Å². The molecule has 1 unspecified atom stereocenters. The predicted octanol–water partition coefficient (Wildman–Crippen LogP) is 2.42. The summed E-state index contributed by atoms with van der Waals surface area (Å²) in [6, 6.07) is 11.7. The number of hydrogen-bond donors (Lipinski definition) is 3. The maximum Gasteiger partial charge on any atom is 0.255 e. The monoisotopic (exact) mass is 404 g/mol. The van der Waals surface area contributed by atoms with E-state index in [1.54, 1.807) is 4.90 Å². The van der Waals surface area contributed by atoms with E-state index in [0.29, 0.717) is 25.1 Å². The minimum atomic E-state index is -0.577. The molecule has 2 aromatic rings. The third-order valence-corrected chi connectivity index (χ3v) is 6.14. The van der Waals surface area contributed by atoms with Crippen LogP contribution in [0.3, 0.4) is 0 Å². The lowest BCUT2D eigenvalue weighted by atomic mass is 10.0. The van der Waals surface area contributed by atoms with Gasteiger partial charge in [-0.25, -0.2) is 0 Å². The maximum atomic E-state index is 12.9. The maximum absolute atomic E-state index is 12.9. The molecule has 0 aliphatic carbocycles. The van der Waals surface area contributed by atoms with Crippen LogP contribution in [0.5, 0.6) is 0 Å². The molecule has 0 spiro atoms. The normalized spacial score (nSPS) is 20.3. The molecular weight excluding hydrogens is 380 g/mol. The average Bonchev–Trinajstić information content (AvgIpc) is 3.08. The van der Waals surface area contributed by atoms with Crippen molar-refractivity contribution < 1.29 is 14.4 Å². The number of amides is 3. The first-order valence-corrected chi connectivity index (χ1v) is 10.5. The zero-order valence-corrected chi connectivity index (χ0v) is 16.7. The van der Waals surface area contributed by atoms with Crippen LogP contribution in [0.2, 0.25) is 0 Å². The lowest BCUT2D eigenvalue weighted by molar-refractivity contribution is -0.136. The molecule has 1 fully saturated rings. The molecule has 0 bridgehead atoms. The Balaban J connectivity index is 1.28. The second-order valence-corrected chi connectivity index (χ2v) is 8.15. The average molecular weight is 404 g/mol. The van der Waals surface area contributed by atoms with Crippen molar-refractivity contribution in [2.75, 3.05) is 17.2 Å². The molecule has 3 heterocycles. The molecule has 3 N–H and O–H groups in total. The summed E-state index contributed by atoms with van der Waals surface area (Å²) < 4.78 is 0. The third-order valence-electron chi connectivity index (χ3n) is 6.14. The lowest BCUT2D eigenvalue weighted by Crippen LogP contribution is -2.52. The van der Waals surface area contributed by atoms with E-state index in [4.69, 9.17) is 0 Å². The van der Waals surface area contributed by atoms with Gasteiger partial charge in [0.05, 0.1) is 0 Å². The van der Waals surface area contributed by atoms with Crippen molar-refractivity contribution in [3.63, 3.8) is 0 Å². The molecular formula is C23H24N4O3. The van der Waals surface area contributed by atoms with Crippen LogP contribution < -0.4 is 16.0 Å². The van der Waals surface area contributed by atoms with Gasteiger partial charge in [-0.1, -0.05) is 18.2 Å². The summed E-state index contributed by atoms with van der Waals surface area (Å²) in [4.78, 5) is 38.1. The van der Waals surface area contributed by atoms with E-state index in [-0.39, 0.29) is 24.1 Å². The van der Waals surface area contributed by atoms with Crippen LogP contribution in [0.1, 0.15) is 46.3 Å². The fourth-order valence-corrected chi connectivity index (χ4v) is 4.49. The molecule has 0 aromatic heterocycles. The molecule has 5 rings (SSSR count). The fourth-order valence-electron chi connectivity index (χ4n) is 4.49. The minimum Gasteiger partial charge on any atom is -0.385 e. The van der Waals surface area contributed by atoms with Crippen molar-refractivity contribution in [3.05, 3.63) is 58.7 Å². The zero-order chi connectivity index (χ0) is 20.7. The van der Waals surface area contributed by atoms with Gasteiger partial charge in [0.1, 0.15) is 6.04 Å². The largest absolute Gasteiger partial charge is 0.385 e. The molecule has 2 aromatic carbocycles. The summed E-state index contributed by atoms with van der Waals surface area (Å²) in [6.07, 6.45) is 2.92. The number of nitrogens with zero attached hydrogens (tertiary/aromatic N) is 1. The van der Waals surface area contributed by atoms with Crippen LogP contribution in [-0.4, -0.2) is 35.2 Å². The van der Waals surface area contributed by atoms with Gasteiger partial charge in [-0.3, -0.25) is 19.7 Å². The summed E-state index contributed by atoms with van der Waals surface area (Å²) in [5.41, 5.74) is 6.16. The number of rotatable bonds is 4. The topological polar surface area (TPSA) is 90.5 Å². The number of aryl methyl sites for hydroxylation is 1. The molecule has 3 amide bonds. The second kappa shape index (κ2) is 7.48. The van der Waals surface area contributed by atoms with Crippen molar-refractivity contribution in [1.29, 1.82) is 0 Å². The van der Waals surface area contributed by atoms with E-state index >= 15 is 0 Å². The zero-order valence-electron chi connectivity index (χ0n) is 16.7. The van der Waals surface area contributed by atoms with Gasteiger partial charge < -0.3 is 15.5 Å². The molecule has 1 atom stereocenters. The predicted molar refractivity (Wildman–Crippen MR) is 113 cm³/mol. The highest BCUT2D eigenvalue weighted by Crippen LogP contribution is 2.29. The Morgan fingerprint density at radius 3 is 2.77 bits per heavy atom. The lowest BCUT2D eigenvalue weighted by Gasteiger charge is -2.29. The first kappa shape index (κ1) is 18.7. The Morgan fingerprint density at radius 2 is 1.90 bits per heavy atom. The Hall–Kier alpha value is -3.35. The van der Waals surface area contributed by atoms with E-state index in [2.05, 4.69) is 34.1 Å². The number of anilines is 2. The molecule has 7 nitrogen and oxygen atoms in total. The minimum absolute atomic E-state index is 0.140. The van der Waals surface area contributed by atoms with Gasteiger partial charge in [0.25, 0.3) is 5.91 Å². The molecule has 30 heavy (non-hydrogen) atoms. The smallest absolute Gasteiger partial charge is 0.255 e. The van der Waals surface area contributed by atoms with Crippen molar-refractivity contribution in [1.82, 2.24) is 10.2 Å². The van der Waals surface area contributed by atoms with Gasteiger partial charge in [-0.15, -0.1) is 0 Å².